The van der Waals surface area contributed by atoms with Gasteiger partial charge in [0.15, 0.2) is 11.9 Å². The molecular weight excluding hydrogens is 425 g/mol. The molecule has 12 heteroatoms. The first-order valence-corrected chi connectivity index (χ1v) is 9.48. The molecule has 0 radical (unpaired) electrons. The molecule has 7 nitrogen and oxygen atoms in total. The van der Waals surface area contributed by atoms with Crippen LogP contribution < -0.4 is 11.5 Å². The monoisotopic (exact) mass is 445 g/mol. The second-order valence-electron chi connectivity index (χ2n) is 7.81. The van der Waals surface area contributed by atoms with E-state index in [1.165, 1.54) is 9.47 Å². The number of fused-ring (bicyclic) bond motifs is 1. The summed E-state index contributed by atoms with van der Waals surface area (Å²) >= 11 is 0. The highest BCUT2D eigenvalue weighted by Gasteiger charge is 2.54. The number of hydrogen-bond donors (Lipinski definition) is 2. The minimum Gasteiger partial charge on any atom is -0.363 e. The van der Waals surface area contributed by atoms with Crippen molar-refractivity contribution in [3.05, 3.63) is 52.6 Å². The van der Waals surface area contributed by atoms with E-state index in [4.69, 9.17) is 16.2 Å². The highest BCUT2D eigenvalue weighted by molar-refractivity contribution is 5.89. The van der Waals surface area contributed by atoms with E-state index >= 15 is 0 Å². The minimum absolute atomic E-state index is 0.0234. The van der Waals surface area contributed by atoms with Crippen LogP contribution >= 0.6 is 0 Å². The van der Waals surface area contributed by atoms with E-state index in [1.807, 2.05) is 0 Å². The molecule has 4 rings (SSSR count). The topological polar surface area (TPSA) is 99.4 Å². The first kappa shape index (κ1) is 21.7. The summed E-state index contributed by atoms with van der Waals surface area (Å²) in [5.74, 6) is -2.41. The summed E-state index contributed by atoms with van der Waals surface area (Å²) < 4.78 is 76.2. The molecule has 1 aromatic carbocycles. The van der Waals surface area contributed by atoms with Gasteiger partial charge in [0, 0.05) is 37.8 Å². The van der Waals surface area contributed by atoms with Gasteiger partial charge in [0.1, 0.15) is 17.7 Å². The highest BCUT2D eigenvalue weighted by Crippen LogP contribution is 2.42. The van der Waals surface area contributed by atoms with Gasteiger partial charge in [-0.25, -0.2) is 13.8 Å². The van der Waals surface area contributed by atoms with Crippen molar-refractivity contribution in [1.29, 1.82) is 0 Å². The predicted octanol–water partition coefficient (Wildman–Crippen LogP) is 1.90. The lowest BCUT2D eigenvalue weighted by Crippen LogP contribution is -2.58. The van der Waals surface area contributed by atoms with Crippen molar-refractivity contribution < 1.29 is 31.5 Å². The number of rotatable bonds is 3. The summed E-state index contributed by atoms with van der Waals surface area (Å²) in [4.78, 5) is 17.1. The Morgan fingerprint density at radius 2 is 1.97 bits per heavy atom. The van der Waals surface area contributed by atoms with Crippen molar-refractivity contribution >= 4 is 5.91 Å². The van der Waals surface area contributed by atoms with Crippen LogP contribution in [0.3, 0.4) is 0 Å². The largest absolute Gasteiger partial charge is 0.416 e. The lowest BCUT2D eigenvalue weighted by atomic mass is 9.89. The molecule has 2 aromatic rings. The molecule has 1 aromatic heterocycles. The zero-order chi connectivity index (χ0) is 22.7. The van der Waals surface area contributed by atoms with Crippen LogP contribution in [-0.4, -0.2) is 44.7 Å². The fourth-order valence-corrected chi connectivity index (χ4v) is 4.36. The first-order valence-electron chi connectivity index (χ1n) is 9.48. The Morgan fingerprint density at radius 1 is 1.26 bits per heavy atom. The smallest absolute Gasteiger partial charge is 0.363 e. The Kier molecular flexibility index (Phi) is 5.26. The number of nitrogens with zero attached hydrogens (tertiary/aromatic N) is 3. The number of aromatic nitrogens is 2. The van der Waals surface area contributed by atoms with Gasteiger partial charge in [-0.1, -0.05) is 0 Å². The third kappa shape index (κ3) is 3.79. The van der Waals surface area contributed by atoms with Crippen molar-refractivity contribution in [3.63, 3.8) is 0 Å². The fraction of sp³-hybridized carbons (Fsp3) is 0.474. The molecule has 2 aliphatic heterocycles. The Morgan fingerprint density at radius 3 is 2.58 bits per heavy atom. The van der Waals surface area contributed by atoms with Crippen LogP contribution in [0, 0.1) is 11.6 Å². The molecule has 0 saturated carbocycles. The molecule has 1 fully saturated rings. The van der Waals surface area contributed by atoms with Crippen molar-refractivity contribution in [2.45, 2.75) is 50.0 Å². The normalized spacial score (nSPS) is 26.8. The Bertz CT molecular complexity index is 1020. The second-order valence-corrected chi connectivity index (χ2v) is 7.81. The molecule has 0 spiro atoms. The Labute approximate surface area is 173 Å². The molecule has 1 amide bonds. The molecule has 3 heterocycles. The maximum atomic E-state index is 14.2. The van der Waals surface area contributed by atoms with Gasteiger partial charge in [0.05, 0.1) is 11.4 Å². The lowest BCUT2D eigenvalue weighted by molar-refractivity contribution is -0.269. The Balaban J connectivity index is 1.62. The number of halogens is 5. The average molecular weight is 445 g/mol. The molecule has 168 valence electrons. The maximum Gasteiger partial charge on any atom is 0.416 e. The SMILES string of the molecule is Cn1c(C(N)=O)nc2c1CN([C@@H]1C[C@H](N)[C@@H](c3cc(F)ccc3F)OC1C(F)(F)F)C2. The molecule has 4 N–H and O–H groups in total. The summed E-state index contributed by atoms with van der Waals surface area (Å²) in [6, 6.07) is 0.321. The summed E-state index contributed by atoms with van der Waals surface area (Å²) in [6.45, 7) is 0.126. The van der Waals surface area contributed by atoms with E-state index in [0.717, 1.165) is 18.2 Å². The number of benzene rings is 1. The van der Waals surface area contributed by atoms with Gasteiger partial charge >= 0.3 is 6.18 Å². The third-order valence-corrected chi connectivity index (χ3v) is 5.82. The number of ether oxygens (including phenoxy) is 1. The van der Waals surface area contributed by atoms with Gasteiger partial charge in [-0.2, -0.15) is 13.2 Å². The lowest BCUT2D eigenvalue weighted by Gasteiger charge is -2.44. The van der Waals surface area contributed by atoms with Gasteiger partial charge in [-0.15, -0.1) is 0 Å². The fourth-order valence-electron chi connectivity index (χ4n) is 4.36. The Hall–Kier alpha value is -2.57. The summed E-state index contributed by atoms with van der Waals surface area (Å²) in [5.41, 5.74) is 12.0. The minimum atomic E-state index is -4.77. The van der Waals surface area contributed by atoms with Gasteiger partial charge in [-0.3, -0.25) is 9.69 Å². The average Bonchev–Trinajstić information content (AvgIpc) is 3.22. The molecule has 0 aliphatic carbocycles. The van der Waals surface area contributed by atoms with Crippen LogP contribution in [0.5, 0.6) is 0 Å². The number of hydrogen-bond acceptors (Lipinski definition) is 5. The molecule has 0 bridgehead atoms. The zero-order valence-electron chi connectivity index (χ0n) is 16.4. The van der Waals surface area contributed by atoms with E-state index in [-0.39, 0.29) is 30.9 Å². The van der Waals surface area contributed by atoms with E-state index in [2.05, 4.69) is 4.98 Å². The number of imidazole rings is 1. The second kappa shape index (κ2) is 7.53. The maximum absolute atomic E-state index is 14.2. The molecule has 31 heavy (non-hydrogen) atoms. The summed E-state index contributed by atoms with van der Waals surface area (Å²) in [6.07, 6.45) is -8.66. The van der Waals surface area contributed by atoms with Crippen molar-refractivity contribution in [3.8, 4) is 0 Å². The van der Waals surface area contributed by atoms with Gasteiger partial charge < -0.3 is 20.8 Å². The van der Waals surface area contributed by atoms with E-state index in [0.29, 0.717) is 11.4 Å². The van der Waals surface area contributed by atoms with Crippen LogP contribution in [0.1, 0.15) is 40.1 Å². The first-order chi connectivity index (χ1) is 14.5. The van der Waals surface area contributed by atoms with E-state index < -0.39 is 48.0 Å². The number of nitrogens with two attached hydrogens (primary N) is 2. The molecular formula is C19H20F5N5O2. The highest BCUT2D eigenvalue weighted by atomic mass is 19.4. The van der Waals surface area contributed by atoms with Crippen LogP contribution in [0.2, 0.25) is 0 Å². The molecule has 1 unspecified atom stereocenters. The van der Waals surface area contributed by atoms with Crippen molar-refractivity contribution in [2.24, 2.45) is 18.5 Å². The third-order valence-electron chi connectivity index (χ3n) is 5.82. The van der Waals surface area contributed by atoms with Crippen LogP contribution in [0.4, 0.5) is 22.0 Å². The van der Waals surface area contributed by atoms with Gasteiger partial charge in [-0.05, 0) is 24.6 Å². The van der Waals surface area contributed by atoms with Crippen LogP contribution in [-0.2, 0) is 24.9 Å². The number of alkyl halides is 3. The summed E-state index contributed by atoms with van der Waals surface area (Å²) in [7, 11) is 1.56. The van der Waals surface area contributed by atoms with Crippen LogP contribution in [0.15, 0.2) is 18.2 Å². The van der Waals surface area contributed by atoms with E-state index in [1.54, 1.807) is 7.05 Å². The van der Waals surface area contributed by atoms with Crippen LogP contribution in [0.25, 0.3) is 0 Å². The van der Waals surface area contributed by atoms with Gasteiger partial charge in [0.2, 0.25) is 0 Å². The zero-order valence-corrected chi connectivity index (χ0v) is 16.4. The van der Waals surface area contributed by atoms with Crippen molar-refractivity contribution in [1.82, 2.24) is 14.5 Å². The number of carbonyl (C=O) groups excluding carboxylic acids is 1. The number of primary amides is 1. The van der Waals surface area contributed by atoms with Crippen molar-refractivity contribution in [2.75, 3.05) is 0 Å². The quantitative estimate of drug-likeness (QED) is 0.704. The number of carbonyl (C=O) groups is 1. The molecule has 1 saturated heterocycles. The van der Waals surface area contributed by atoms with E-state index in [9.17, 15) is 26.7 Å². The van der Waals surface area contributed by atoms with Gasteiger partial charge in [0.25, 0.3) is 5.91 Å². The molecule has 4 atom stereocenters. The number of amides is 1. The standard InChI is InChI=1S/C19H20F5N5O2/c1-28-14-7-29(6-12(14)27-18(28)17(26)30)13-5-11(25)15(31-16(13)19(22,23)24)9-4-8(20)2-3-10(9)21/h2-4,11,13,15-16H,5-7,25H2,1H3,(H2,26,30)/t11-,13+,15+,16?/m0/s1. The molecule has 2 aliphatic rings. The predicted molar refractivity (Wildman–Crippen MR) is 97.4 cm³/mol. The summed E-state index contributed by atoms with van der Waals surface area (Å²) in [5, 5.41) is 0.